The maximum absolute atomic E-state index is 2.96. The Bertz CT molecular complexity index is 43.3. The van der Waals surface area contributed by atoms with Gasteiger partial charge in [0.25, 0.3) is 0 Å². The summed E-state index contributed by atoms with van der Waals surface area (Å²) in [5, 5.41) is 1.96. The highest BCUT2D eigenvalue weighted by Gasteiger charge is 1.96. The SMILES string of the molecule is CNN(C)[C](C)C. The molecule has 0 aromatic heterocycles. The van der Waals surface area contributed by atoms with Crippen LogP contribution in [0.1, 0.15) is 13.8 Å². The van der Waals surface area contributed by atoms with Crippen LogP contribution in [0.15, 0.2) is 0 Å². The molecule has 0 aliphatic rings. The van der Waals surface area contributed by atoms with Crippen LogP contribution in [0.5, 0.6) is 0 Å². The van der Waals surface area contributed by atoms with Gasteiger partial charge < -0.3 is 0 Å². The summed E-state index contributed by atoms with van der Waals surface area (Å²) in [6.07, 6.45) is 0. The third kappa shape index (κ3) is 2.60. The van der Waals surface area contributed by atoms with Crippen LogP contribution in [0.4, 0.5) is 0 Å². The molecule has 7 heavy (non-hydrogen) atoms. The predicted octanol–water partition coefficient (Wildman–Crippen LogP) is 0.624. The molecule has 0 aromatic carbocycles. The smallest absolute Gasteiger partial charge is 0.0486 e. The quantitative estimate of drug-likeness (QED) is 0.513. The summed E-state index contributed by atoms with van der Waals surface area (Å²) in [5.74, 6) is 0. The Labute approximate surface area is 45.5 Å². The van der Waals surface area contributed by atoms with Crippen molar-refractivity contribution >= 4 is 0 Å². The van der Waals surface area contributed by atoms with Gasteiger partial charge in [0.05, 0.1) is 0 Å². The van der Waals surface area contributed by atoms with Crippen LogP contribution in [0.3, 0.4) is 0 Å². The first-order valence-corrected chi connectivity index (χ1v) is 2.39. The van der Waals surface area contributed by atoms with Gasteiger partial charge >= 0.3 is 0 Å². The first-order chi connectivity index (χ1) is 3.18. The number of hydrogen-bond acceptors (Lipinski definition) is 2. The van der Waals surface area contributed by atoms with Crippen molar-refractivity contribution in [3.63, 3.8) is 0 Å². The lowest BCUT2D eigenvalue weighted by Gasteiger charge is -2.17. The lowest BCUT2D eigenvalue weighted by molar-refractivity contribution is 0.280. The van der Waals surface area contributed by atoms with E-state index in [0.29, 0.717) is 0 Å². The predicted molar refractivity (Wildman–Crippen MR) is 31.4 cm³/mol. The van der Waals surface area contributed by atoms with Gasteiger partial charge in [-0.25, -0.2) is 5.01 Å². The number of hydrazine groups is 1. The Balaban J connectivity index is 3.14. The second-order valence-electron chi connectivity index (χ2n) is 1.73. The molecule has 0 rings (SSSR count). The third-order valence-corrected chi connectivity index (χ3v) is 1.01. The molecule has 0 aromatic rings. The Hall–Kier alpha value is -0.0800. The minimum absolute atomic E-state index is 1.27. The Morgan fingerprint density at radius 3 is 1.86 bits per heavy atom. The van der Waals surface area contributed by atoms with Crippen molar-refractivity contribution < 1.29 is 0 Å². The van der Waals surface area contributed by atoms with Gasteiger partial charge in [0.15, 0.2) is 0 Å². The zero-order valence-corrected chi connectivity index (χ0v) is 5.45. The van der Waals surface area contributed by atoms with Gasteiger partial charge in [-0.3, -0.25) is 5.43 Å². The first kappa shape index (κ1) is 6.92. The van der Waals surface area contributed by atoms with Crippen LogP contribution in [0.2, 0.25) is 0 Å². The van der Waals surface area contributed by atoms with Gasteiger partial charge in [0.2, 0.25) is 0 Å². The van der Waals surface area contributed by atoms with Crippen LogP contribution >= 0.6 is 0 Å². The van der Waals surface area contributed by atoms with Crippen molar-refractivity contribution in [2.24, 2.45) is 0 Å². The van der Waals surface area contributed by atoms with E-state index < -0.39 is 0 Å². The molecule has 0 amide bonds. The first-order valence-electron chi connectivity index (χ1n) is 2.39. The molecule has 0 spiro atoms. The van der Waals surface area contributed by atoms with Gasteiger partial charge in [0.1, 0.15) is 0 Å². The molecule has 2 heteroatoms. The monoisotopic (exact) mass is 101 g/mol. The van der Waals surface area contributed by atoms with Gasteiger partial charge in [0, 0.05) is 13.1 Å². The molecule has 0 aliphatic carbocycles. The van der Waals surface area contributed by atoms with Gasteiger partial charge in [-0.2, -0.15) is 0 Å². The standard InChI is InChI=1S/C5H13N2/c1-5(2)7(4)6-3/h6H,1-4H3. The fourth-order valence-corrected chi connectivity index (χ4v) is 0.224. The fourth-order valence-electron chi connectivity index (χ4n) is 0.224. The fraction of sp³-hybridized carbons (Fsp3) is 0.800. The number of nitrogens with zero attached hydrogens (tertiary/aromatic N) is 1. The van der Waals surface area contributed by atoms with Crippen LogP contribution in [-0.4, -0.2) is 19.1 Å². The molecule has 2 nitrogen and oxygen atoms in total. The summed E-state index contributed by atoms with van der Waals surface area (Å²) in [5.41, 5.74) is 2.96. The minimum Gasteiger partial charge on any atom is -0.258 e. The van der Waals surface area contributed by atoms with Crippen LogP contribution in [-0.2, 0) is 0 Å². The van der Waals surface area contributed by atoms with Crippen molar-refractivity contribution in [1.29, 1.82) is 0 Å². The summed E-state index contributed by atoms with van der Waals surface area (Å²) >= 11 is 0. The zero-order valence-electron chi connectivity index (χ0n) is 5.45. The van der Waals surface area contributed by atoms with Gasteiger partial charge in [-0.1, -0.05) is 0 Å². The van der Waals surface area contributed by atoms with Gasteiger partial charge in [-0.05, 0) is 20.9 Å². The van der Waals surface area contributed by atoms with Crippen LogP contribution in [0, 0.1) is 6.04 Å². The summed E-state index contributed by atoms with van der Waals surface area (Å²) in [6.45, 7) is 4.10. The molecule has 1 radical (unpaired) electrons. The van der Waals surface area contributed by atoms with E-state index in [-0.39, 0.29) is 0 Å². The highest BCUT2D eigenvalue weighted by atomic mass is 15.5. The highest BCUT2D eigenvalue weighted by molar-refractivity contribution is 4.70. The molecular weight excluding hydrogens is 88.1 g/mol. The van der Waals surface area contributed by atoms with Crippen molar-refractivity contribution in [3.8, 4) is 0 Å². The van der Waals surface area contributed by atoms with E-state index in [2.05, 4.69) is 19.3 Å². The summed E-state index contributed by atoms with van der Waals surface area (Å²) in [6, 6.07) is 1.27. The molecule has 0 atom stereocenters. The van der Waals surface area contributed by atoms with Crippen LogP contribution < -0.4 is 5.43 Å². The zero-order chi connectivity index (χ0) is 5.86. The van der Waals surface area contributed by atoms with E-state index in [1.165, 1.54) is 6.04 Å². The molecule has 0 bridgehead atoms. The number of hydrogen-bond donors (Lipinski definition) is 1. The van der Waals surface area contributed by atoms with E-state index >= 15 is 0 Å². The van der Waals surface area contributed by atoms with Crippen molar-refractivity contribution in [2.75, 3.05) is 14.1 Å². The second kappa shape index (κ2) is 2.99. The summed E-state index contributed by atoms with van der Waals surface area (Å²) in [7, 11) is 3.88. The van der Waals surface area contributed by atoms with E-state index in [1.807, 2.05) is 19.1 Å². The largest absolute Gasteiger partial charge is 0.258 e. The molecule has 43 valence electrons. The molecule has 0 unspecified atom stereocenters. The number of rotatable bonds is 2. The summed E-state index contributed by atoms with van der Waals surface area (Å²) in [4.78, 5) is 0. The van der Waals surface area contributed by atoms with Crippen molar-refractivity contribution in [3.05, 3.63) is 6.04 Å². The summed E-state index contributed by atoms with van der Waals surface area (Å²) < 4.78 is 0. The van der Waals surface area contributed by atoms with E-state index in [0.717, 1.165) is 0 Å². The lowest BCUT2D eigenvalue weighted by atomic mass is 10.4. The van der Waals surface area contributed by atoms with E-state index in [9.17, 15) is 0 Å². The molecule has 1 N–H and O–H groups in total. The van der Waals surface area contributed by atoms with Crippen molar-refractivity contribution in [1.82, 2.24) is 10.4 Å². The van der Waals surface area contributed by atoms with E-state index in [1.54, 1.807) is 0 Å². The average Bonchev–Trinajstić information content (AvgIpc) is 1.65. The minimum atomic E-state index is 1.27. The molecule has 0 saturated carbocycles. The Morgan fingerprint density at radius 1 is 1.43 bits per heavy atom. The molecule has 0 saturated heterocycles. The molecule has 0 heterocycles. The lowest BCUT2D eigenvalue weighted by Crippen LogP contribution is -2.31. The van der Waals surface area contributed by atoms with Gasteiger partial charge in [-0.15, -0.1) is 0 Å². The number of nitrogens with one attached hydrogen (secondary N) is 1. The Morgan fingerprint density at radius 2 is 1.86 bits per heavy atom. The molecule has 0 fully saturated rings. The third-order valence-electron chi connectivity index (χ3n) is 1.01. The molecular formula is C5H13N2. The second-order valence-corrected chi connectivity index (χ2v) is 1.73. The maximum atomic E-state index is 2.96. The maximum Gasteiger partial charge on any atom is 0.0486 e. The highest BCUT2D eigenvalue weighted by Crippen LogP contribution is 1.94. The van der Waals surface area contributed by atoms with Crippen LogP contribution in [0.25, 0.3) is 0 Å². The average molecular weight is 101 g/mol. The Kier molecular flexibility index (Phi) is 2.96. The normalized spacial score (nSPS) is 11.1. The topological polar surface area (TPSA) is 15.3 Å². The van der Waals surface area contributed by atoms with Crippen molar-refractivity contribution in [2.45, 2.75) is 13.8 Å². The molecule has 0 aliphatic heterocycles. The van der Waals surface area contributed by atoms with E-state index in [4.69, 9.17) is 0 Å².